The van der Waals surface area contributed by atoms with E-state index in [0.29, 0.717) is 37.5 Å². The standard InChI is InChI=1S/C26H23N3O3/c1-29(13-11-19-6-4-5-12-27-19)26(30)21-17-23(28-22-8-3-2-7-20(21)22)18-9-10-24-25(16-18)32-15-14-31-24/h2-10,12,16-17H,11,13-15H2,1H3. The van der Waals surface area contributed by atoms with E-state index in [0.717, 1.165) is 33.6 Å². The number of para-hydroxylation sites is 1. The van der Waals surface area contributed by atoms with E-state index >= 15 is 0 Å². The zero-order chi connectivity index (χ0) is 21.9. The zero-order valence-electron chi connectivity index (χ0n) is 17.8. The zero-order valence-corrected chi connectivity index (χ0v) is 17.8. The highest BCUT2D eigenvalue weighted by molar-refractivity contribution is 6.07. The summed E-state index contributed by atoms with van der Waals surface area (Å²) in [5.74, 6) is 1.38. The molecule has 0 spiro atoms. The third-order valence-electron chi connectivity index (χ3n) is 5.56. The van der Waals surface area contributed by atoms with Crippen molar-refractivity contribution in [3.8, 4) is 22.8 Å². The molecule has 5 rings (SSSR count). The smallest absolute Gasteiger partial charge is 0.254 e. The maximum Gasteiger partial charge on any atom is 0.254 e. The Balaban J connectivity index is 1.49. The van der Waals surface area contributed by atoms with Gasteiger partial charge in [0.25, 0.3) is 5.91 Å². The van der Waals surface area contributed by atoms with Gasteiger partial charge in [0.2, 0.25) is 0 Å². The Labute approximate surface area is 186 Å². The van der Waals surface area contributed by atoms with Gasteiger partial charge < -0.3 is 14.4 Å². The lowest BCUT2D eigenvalue weighted by Gasteiger charge is -2.20. The third-order valence-corrected chi connectivity index (χ3v) is 5.56. The number of fused-ring (bicyclic) bond motifs is 2. The van der Waals surface area contributed by atoms with Gasteiger partial charge in [-0.15, -0.1) is 0 Å². The van der Waals surface area contributed by atoms with Gasteiger partial charge in [0.1, 0.15) is 13.2 Å². The molecule has 32 heavy (non-hydrogen) atoms. The van der Waals surface area contributed by atoms with E-state index in [4.69, 9.17) is 14.5 Å². The summed E-state index contributed by atoms with van der Waals surface area (Å²) < 4.78 is 11.4. The Morgan fingerprint density at radius 1 is 0.969 bits per heavy atom. The van der Waals surface area contributed by atoms with E-state index < -0.39 is 0 Å². The lowest BCUT2D eigenvalue weighted by atomic mass is 10.0. The van der Waals surface area contributed by atoms with Crippen molar-refractivity contribution in [2.24, 2.45) is 0 Å². The molecule has 1 aliphatic heterocycles. The number of amides is 1. The summed E-state index contributed by atoms with van der Waals surface area (Å²) in [5.41, 5.74) is 3.97. The van der Waals surface area contributed by atoms with E-state index in [1.807, 2.05) is 73.8 Å². The van der Waals surface area contributed by atoms with Crippen molar-refractivity contribution in [2.75, 3.05) is 26.8 Å². The first-order chi connectivity index (χ1) is 15.7. The van der Waals surface area contributed by atoms with Gasteiger partial charge in [-0.05, 0) is 42.5 Å². The molecule has 0 saturated heterocycles. The maximum absolute atomic E-state index is 13.4. The number of hydrogen-bond acceptors (Lipinski definition) is 5. The van der Waals surface area contributed by atoms with E-state index in [1.54, 1.807) is 11.1 Å². The van der Waals surface area contributed by atoms with Gasteiger partial charge in [0, 0.05) is 42.9 Å². The fraction of sp³-hybridized carbons (Fsp3) is 0.192. The van der Waals surface area contributed by atoms with Gasteiger partial charge in [-0.1, -0.05) is 24.3 Å². The van der Waals surface area contributed by atoms with Gasteiger partial charge in [-0.3, -0.25) is 9.78 Å². The molecular weight excluding hydrogens is 402 g/mol. The van der Waals surface area contributed by atoms with Crippen molar-refractivity contribution in [3.05, 3.63) is 84.2 Å². The maximum atomic E-state index is 13.4. The number of carbonyl (C=O) groups excluding carboxylic acids is 1. The Hall–Kier alpha value is -3.93. The van der Waals surface area contributed by atoms with Crippen LogP contribution in [0.25, 0.3) is 22.2 Å². The van der Waals surface area contributed by atoms with Crippen LogP contribution in [0.3, 0.4) is 0 Å². The van der Waals surface area contributed by atoms with Crippen molar-refractivity contribution in [3.63, 3.8) is 0 Å². The number of rotatable bonds is 5. The molecule has 0 bridgehead atoms. The molecule has 1 amide bonds. The number of likely N-dealkylation sites (N-methyl/N-ethyl adjacent to an activating group) is 1. The van der Waals surface area contributed by atoms with E-state index in [-0.39, 0.29) is 5.91 Å². The number of aromatic nitrogens is 2. The predicted molar refractivity (Wildman–Crippen MR) is 123 cm³/mol. The summed E-state index contributed by atoms with van der Waals surface area (Å²) >= 11 is 0. The quantitative estimate of drug-likeness (QED) is 0.475. The van der Waals surface area contributed by atoms with Gasteiger partial charge >= 0.3 is 0 Å². The van der Waals surface area contributed by atoms with E-state index in [1.165, 1.54) is 0 Å². The molecule has 0 fully saturated rings. The molecule has 1 aliphatic rings. The molecule has 4 aromatic rings. The monoisotopic (exact) mass is 425 g/mol. The summed E-state index contributed by atoms with van der Waals surface area (Å²) in [4.78, 5) is 24.3. The number of carbonyl (C=O) groups is 1. The van der Waals surface area contributed by atoms with Crippen molar-refractivity contribution in [2.45, 2.75) is 6.42 Å². The lowest BCUT2D eigenvalue weighted by molar-refractivity contribution is 0.0798. The molecule has 0 N–H and O–H groups in total. The van der Waals surface area contributed by atoms with Crippen LogP contribution < -0.4 is 9.47 Å². The lowest BCUT2D eigenvalue weighted by Crippen LogP contribution is -2.29. The highest BCUT2D eigenvalue weighted by Crippen LogP contribution is 2.35. The van der Waals surface area contributed by atoms with Crippen molar-refractivity contribution in [1.82, 2.24) is 14.9 Å². The first kappa shape index (κ1) is 20.0. The first-order valence-corrected chi connectivity index (χ1v) is 10.6. The minimum Gasteiger partial charge on any atom is -0.486 e. The number of nitrogens with zero attached hydrogens (tertiary/aromatic N) is 3. The van der Waals surface area contributed by atoms with E-state index in [2.05, 4.69) is 4.98 Å². The molecule has 160 valence electrons. The minimum absolute atomic E-state index is 0.0432. The third kappa shape index (κ3) is 3.99. The predicted octanol–water partition coefficient (Wildman–Crippen LogP) is 4.38. The summed E-state index contributed by atoms with van der Waals surface area (Å²) in [6.07, 6.45) is 2.47. The largest absolute Gasteiger partial charge is 0.486 e. The molecule has 2 aromatic heterocycles. The Kier molecular flexibility index (Phi) is 5.42. The number of pyridine rings is 2. The van der Waals surface area contributed by atoms with Gasteiger partial charge in [-0.25, -0.2) is 4.98 Å². The molecule has 0 saturated carbocycles. The number of benzene rings is 2. The molecular formula is C26H23N3O3. The summed E-state index contributed by atoms with van der Waals surface area (Å²) in [5, 5.41) is 0.837. The second kappa shape index (κ2) is 8.67. The van der Waals surface area contributed by atoms with Crippen LogP contribution in [0.1, 0.15) is 16.1 Å². The van der Waals surface area contributed by atoms with Crippen LogP contribution in [-0.2, 0) is 6.42 Å². The highest BCUT2D eigenvalue weighted by Gasteiger charge is 2.19. The normalized spacial score (nSPS) is 12.5. The number of hydrogen-bond donors (Lipinski definition) is 0. The van der Waals surface area contributed by atoms with Crippen molar-refractivity contribution < 1.29 is 14.3 Å². The summed E-state index contributed by atoms with van der Waals surface area (Å²) in [6.45, 7) is 1.64. The van der Waals surface area contributed by atoms with Gasteiger partial charge in [-0.2, -0.15) is 0 Å². The topological polar surface area (TPSA) is 64.6 Å². The first-order valence-electron chi connectivity index (χ1n) is 10.6. The minimum atomic E-state index is -0.0432. The Bertz CT molecular complexity index is 1270. The second-order valence-electron chi connectivity index (χ2n) is 7.73. The van der Waals surface area contributed by atoms with E-state index in [9.17, 15) is 4.79 Å². The molecule has 2 aromatic carbocycles. The van der Waals surface area contributed by atoms with Crippen molar-refractivity contribution >= 4 is 16.8 Å². The molecule has 6 heteroatoms. The molecule has 6 nitrogen and oxygen atoms in total. The fourth-order valence-electron chi connectivity index (χ4n) is 3.84. The van der Waals surface area contributed by atoms with Crippen LogP contribution in [0.2, 0.25) is 0 Å². The average Bonchev–Trinajstić information content (AvgIpc) is 2.86. The highest BCUT2D eigenvalue weighted by atomic mass is 16.6. The molecule has 0 atom stereocenters. The molecule has 0 aliphatic carbocycles. The van der Waals surface area contributed by atoms with Crippen LogP contribution >= 0.6 is 0 Å². The van der Waals surface area contributed by atoms with Crippen LogP contribution in [0.4, 0.5) is 0 Å². The average molecular weight is 425 g/mol. The summed E-state index contributed by atoms with van der Waals surface area (Å²) in [6, 6.07) is 21.2. The molecule has 0 radical (unpaired) electrons. The SMILES string of the molecule is CN(CCc1ccccn1)C(=O)c1cc(-c2ccc3c(c2)OCCO3)nc2ccccc12. The fourth-order valence-corrected chi connectivity index (χ4v) is 3.84. The molecule has 0 unspecified atom stereocenters. The summed E-state index contributed by atoms with van der Waals surface area (Å²) in [7, 11) is 1.82. The van der Waals surface area contributed by atoms with Crippen molar-refractivity contribution in [1.29, 1.82) is 0 Å². The Morgan fingerprint density at radius 3 is 2.62 bits per heavy atom. The Morgan fingerprint density at radius 2 is 1.78 bits per heavy atom. The van der Waals surface area contributed by atoms with Crippen LogP contribution in [-0.4, -0.2) is 47.6 Å². The van der Waals surface area contributed by atoms with Crippen LogP contribution in [0, 0.1) is 0 Å². The van der Waals surface area contributed by atoms with Gasteiger partial charge in [0.15, 0.2) is 11.5 Å². The number of ether oxygens (including phenoxy) is 2. The second-order valence-corrected chi connectivity index (χ2v) is 7.73. The van der Waals surface area contributed by atoms with Gasteiger partial charge in [0.05, 0.1) is 16.8 Å². The van der Waals surface area contributed by atoms with Crippen LogP contribution in [0.15, 0.2) is 72.9 Å². The molecule has 3 heterocycles. The van der Waals surface area contributed by atoms with Crippen LogP contribution in [0.5, 0.6) is 11.5 Å².